The molecule has 2 amide bonds. The highest BCUT2D eigenvalue weighted by Gasteiger charge is 2.37. The van der Waals surface area contributed by atoms with Gasteiger partial charge in [-0.2, -0.15) is 0 Å². The molecule has 4 nitrogen and oxygen atoms in total. The van der Waals surface area contributed by atoms with Gasteiger partial charge in [0.2, 0.25) is 0 Å². The molecule has 1 aliphatic heterocycles. The summed E-state index contributed by atoms with van der Waals surface area (Å²) in [4.78, 5) is 11.7. The van der Waals surface area contributed by atoms with Crippen LogP contribution in [0.1, 0.15) is 40.5 Å². The Morgan fingerprint density at radius 2 is 1.79 bits per heavy atom. The fourth-order valence-electron chi connectivity index (χ4n) is 2.99. The average Bonchev–Trinajstić information content (AvgIpc) is 2.83. The van der Waals surface area contributed by atoms with E-state index in [1.165, 1.54) is 6.42 Å². The van der Waals surface area contributed by atoms with Gasteiger partial charge in [0.05, 0.1) is 6.10 Å². The van der Waals surface area contributed by atoms with Crippen LogP contribution in [0.15, 0.2) is 0 Å². The van der Waals surface area contributed by atoms with Crippen LogP contribution in [0.2, 0.25) is 0 Å². The molecule has 0 radical (unpaired) electrons. The number of ether oxygens (including phenoxy) is 1. The predicted molar refractivity (Wildman–Crippen MR) is 76.0 cm³/mol. The molecule has 19 heavy (non-hydrogen) atoms. The number of amides is 2. The first kappa shape index (κ1) is 14.6. The maximum Gasteiger partial charge on any atom is 0.314 e. The fourth-order valence-corrected chi connectivity index (χ4v) is 2.99. The summed E-state index contributed by atoms with van der Waals surface area (Å²) in [6, 6.07) is -0.0290. The Hall–Kier alpha value is -0.770. The summed E-state index contributed by atoms with van der Waals surface area (Å²) >= 11 is 0. The molecule has 4 heteroatoms. The Bertz CT molecular complexity index is 325. The number of hydrogen-bond donors (Lipinski definition) is 2. The minimum absolute atomic E-state index is 0.0290. The van der Waals surface area contributed by atoms with Crippen molar-refractivity contribution in [3.63, 3.8) is 0 Å². The third-order valence-corrected chi connectivity index (χ3v) is 4.39. The number of carbonyl (C=O) groups excluding carboxylic acids is 1. The molecule has 1 saturated carbocycles. The third kappa shape index (κ3) is 4.10. The Morgan fingerprint density at radius 1 is 1.21 bits per heavy atom. The Balaban J connectivity index is 1.67. The van der Waals surface area contributed by atoms with E-state index in [9.17, 15) is 4.79 Å². The highest BCUT2D eigenvalue weighted by molar-refractivity contribution is 5.73. The molecular formula is C15H28N2O2. The second kappa shape index (κ2) is 5.70. The van der Waals surface area contributed by atoms with Crippen LogP contribution in [0.3, 0.4) is 0 Å². The van der Waals surface area contributed by atoms with Gasteiger partial charge in [0.15, 0.2) is 0 Å². The zero-order valence-electron chi connectivity index (χ0n) is 12.7. The van der Waals surface area contributed by atoms with Crippen LogP contribution in [0.4, 0.5) is 4.79 Å². The van der Waals surface area contributed by atoms with Crippen molar-refractivity contribution in [2.45, 2.75) is 46.6 Å². The van der Waals surface area contributed by atoms with Gasteiger partial charge >= 0.3 is 6.03 Å². The second-order valence-corrected chi connectivity index (χ2v) is 7.27. The Kier molecular flexibility index (Phi) is 4.39. The number of hydrogen-bond acceptors (Lipinski definition) is 2. The van der Waals surface area contributed by atoms with Crippen LogP contribution >= 0.6 is 0 Å². The van der Waals surface area contributed by atoms with Crippen molar-refractivity contribution in [1.29, 1.82) is 0 Å². The van der Waals surface area contributed by atoms with E-state index in [4.69, 9.17) is 4.74 Å². The van der Waals surface area contributed by atoms with E-state index < -0.39 is 0 Å². The maximum absolute atomic E-state index is 11.7. The summed E-state index contributed by atoms with van der Waals surface area (Å²) in [6.45, 7) is 11.2. The van der Waals surface area contributed by atoms with E-state index in [1.807, 2.05) is 0 Å². The minimum Gasteiger partial charge on any atom is -0.377 e. The van der Waals surface area contributed by atoms with Gasteiger partial charge in [-0.1, -0.05) is 27.7 Å². The van der Waals surface area contributed by atoms with E-state index in [2.05, 4.69) is 38.3 Å². The van der Waals surface area contributed by atoms with Crippen molar-refractivity contribution in [1.82, 2.24) is 10.6 Å². The van der Waals surface area contributed by atoms with Crippen molar-refractivity contribution in [2.24, 2.45) is 23.2 Å². The molecule has 110 valence electrons. The van der Waals surface area contributed by atoms with Crippen LogP contribution < -0.4 is 10.6 Å². The molecule has 4 atom stereocenters. The van der Waals surface area contributed by atoms with Gasteiger partial charge in [-0.3, -0.25) is 0 Å². The molecular weight excluding hydrogens is 240 g/mol. The monoisotopic (exact) mass is 268 g/mol. The zero-order chi connectivity index (χ0) is 14.0. The van der Waals surface area contributed by atoms with Gasteiger partial charge in [0.25, 0.3) is 0 Å². The quantitative estimate of drug-likeness (QED) is 0.822. The van der Waals surface area contributed by atoms with Crippen molar-refractivity contribution in [2.75, 3.05) is 19.7 Å². The zero-order valence-corrected chi connectivity index (χ0v) is 12.7. The fraction of sp³-hybridized carbons (Fsp3) is 0.933. The highest BCUT2D eigenvalue weighted by Crippen LogP contribution is 2.36. The number of carbonyl (C=O) groups is 1. The van der Waals surface area contributed by atoms with Gasteiger partial charge in [-0.15, -0.1) is 0 Å². The standard InChI is InChI=1S/C15H28N2O2/c1-10-7-12(10)9-17-14(18)16-8-11-5-6-19-13(11)15(2,3)4/h10-13H,5-9H2,1-4H3,(H2,16,17,18)/t10?,11-,12?,13+/m1/s1. The summed E-state index contributed by atoms with van der Waals surface area (Å²) in [6.07, 6.45) is 2.54. The van der Waals surface area contributed by atoms with Crippen LogP contribution in [-0.4, -0.2) is 31.8 Å². The SMILES string of the molecule is CC1CC1CNC(=O)NC[C@H]1CCO[C@@H]1C(C)(C)C. The van der Waals surface area contributed by atoms with Gasteiger partial charge in [0, 0.05) is 25.6 Å². The molecule has 2 fully saturated rings. The molecule has 2 N–H and O–H groups in total. The molecule has 1 aliphatic carbocycles. The van der Waals surface area contributed by atoms with Crippen molar-refractivity contribution >= 4 is 6.03 Å². The summed E-state index contributed by atoms with van der Waals surface area (Å²) in [5.74, 6) is 1.92. The Labute approximate surface area is 116 Å². The van der Waals surface area contributed by atoms with E-state index in [1.54, 1.807) is 0 Å². The maximum atomic E-state index is 11.7. The number of nitrogens with one attached hydrogen (secondary N) is 2. The molecule has 0 bridgehead atoms. The Morgan fingerprint density at radius 3 is 2.32 bits per heavy atom. The molecule has 2 aliphatic rings. The first-order valence-corrected chi connectivity index (χ1v) is 7.51. The lowest BCUT2D eigenvalue weighted by Gasteiger charge is -2.31. The van der Waals surface area contributed by atoms with Crippen LogP contribution in [0, 0.1) is 23.2 Å². The molecule has 0 aromatic rings. The van der Waals surface area contributed by atoms with E-state index in [0.29, 0.717) is 18.4 Å². The molecule has 2 unspecified atom stereocenters. The third-order valence-electron chi connectivity index (χ3n) is 4.39. The predicted octanol–water partition coefficient (Wildman–Crippen LogP) is 2.39. The summed E-state index contributed by atoms with van der Waals surface area (Å²) < 4.78 is 5.81. The minimum atomic E-state index is -0.0290. The smallest absolute Gasteiger partial charge is 0.314 e. The van der Waals surface area contributed by atoms with Gasteiger partial charge < -0.3 is 15.4 Å². The first-order valence-electron chi connectivity index (χ1n) is 7.51. The lowest BCUT2D eigenvalue weighted by Crippen LogP contribution is -2.43. The normalized spacial score (nSPS) is 34.1. The highest BCUT2D eigenvalue weighted by atomic mass is 16.5. The van der Waals surface area contributed by atoms with Crippen molar-refractivity contribution in [3.05, 3.63) is 0 Å². The van der Waals surface area contributed by atoms with Gasteiger partial charge in [-0.05, 0) is 30.1 Å². The molecule has 0 aromatic heterocycles. The summed E-state index contributed by atoms with van der Waals surface area (Å²) in [5, 5.41) is 5.96. The van der Waals surface area contributed by atoms with Gasteiger partial charge in [0.1, 0.15) is 0 Å². The molecule has 1 heterocycles. The molecule has 0 aromatic carbocycles. The first-order chi connectivity index (χ1) is 8.88. The van der Waals surface area contributed by atoms with Crippen molar-refractivity contribution in [3.8, 4) is 0 Å². The lowest BCUT2D eigenvalue weighted by molar-refractivity contribution is 0.00775. The second-order valence-electron chi connectivity index (χ2n) is 7.27. The van der Waals surface area contributed by atoms with Gasteiger partial charge in [-0.25, -0.2) is 4.79 Å². The molecule has 0 spiro atoms. The molecule has 1 saturated heterocycles. The van der Waals surface area contributed by atoms with Crippen LogP contribution in [0.25, 0.3) is 0 Å². The van der Waals surface area contributed by atoms with E-state index in [0.717, 1.165) is 25.5 Å². The molecule has 2 rings (SSSR count). The average molecular weight is 268 g/mol. The summed E-state index contributed by atoms with van der Waals surface area (Å²) in [7, 11) is 0. The van der Waals surface area contributed by atoms with E-state index >= 15 is 0 Å². The lowest BCUT2D eigenvalue weighted by atomic mass is 9.81. The van der Waals surface area contributed by atoms with E-state index in [-0.39, 0.29) is 17.6 Å². The number of rotatable bonds is 4. The topological polar surface area (TPSA) is 50.4 Å². The van der Waals surface area contributed by atoms with Crippen molar-refractivity contribution < 1.29 is 9.53 Å². The summed E-state index contributed by atoms with van der Waals surface area (Å²) in [5.41, 5.74) is 0.142. The van der Waals surface area contributed by atoms with Crippen LogP contribution in [-0.2, 0) is 4.74 Å². The number of urea groups is 1. The van der Waals surface area contributed by atoms with Crippen LogP contribution in [0.5, 0.6) is 0 Å². The largest absolute Gasteiger partial charge is 0.377 e.